The fraction of sp³-hybridized carbons (Fsp3) is 0.588. The molecule has 1 aromatic rings. The summed E-state index contributed by atoms with van der Waals surface area (Å²) in [4.78, 5) is 12.1. The van der Waals surface area contributed by atoms with Gasteiger partial charge in [0.15, 0.2) is 0 Å². The van der Waals surface area contributed by atoms with Crippen molar-refractivity contribution >= 4 is 17.7 Å². The van der Waals surface area contributed by atoms with Crippen molar-refractivity contribution in [3.05, 3.63) is 29.3 Å². The van der Waals surface area contributed by atoms with Crippen LogP contribution in [-0.4, -0.2) is 35.2 Å². The van der Waals surface area contributed by atoms with Crippen LogP contribution in [0.25, 0.3) is 0 Å². The molecule has 1 amide bonds. The number of aliphatic hydroxyl groups excluding tert-OH is 1. The minimum atomic E-state index is -0.216. The molecule has 3 rings (SSSR count). The first-order valence-electron chi connectivity index (χ1n) is 7.98. The molecule has 22 heavy (non-hydrogen) atoms. The van der Waals surface area contributed by atoms with Crippen molar-refractivity contribution in [1.29, 1.82) is 0 Å². The maximum Gasteiger partial charge on any atom is 0.230 e. The van der Waals surface area contributed by atoms with Crippen molar-refractivity contribution in [3.8, 4) is 5.75 Å². The molecule has 2 N–H and O–H groups in total. The Morgan fingerprint density at radius 1 is 1.50 bits per heavy atom. The van der Waals surface area contributed by atoms with Gasteiger partial charge in [-0.15, -0.1) is 0 Å². The lowest BCUT2D eigenvalue weighted by Crippen LogP contribution is -2.42. The van der Waals surface area contributed by atoms with Crippen LogP contribution in [0.2, 0.25) is 0 Å². The van der Waals surface area contributed by atoms with Crippen molar-refractivity contribution in [2.75, 3.05) is 18.1 Å². The lowest BCUT2D eigenvalue weighted by Gasteiger charge is -2.38. The summed E-state index contributed by atoms with van der Waals surface area (Å²) >= 11 is 1.63. The van der Waals surface area contributed by atoms with Crippen LogP contribution in [0.5, 0.6) is 5.75 Å². The van der Waals surface area contributed by atoms with Crippen LogP contribution in [-0.2, 0) is 11.2 Å². The minimum Gasteiger partial charge on any atom is -0.493 e. The van der Waals surface area contributed by atoms with E-state index in [4.69, 9.17) is 4.74 Å². The van der Waals surface area contributed by atoms with Gasteiger partial charge in [0.05, 0.1) is 24.5 Å². The van der Waals surface area contributed by atoms with Gasteiger partial charge in [0, 0.05) is 6.42 Å². The molecule has 5 heteroatoms. The molecular weight excluding hydrogens is 298 g/mol. The number of nitrogens with one attached hydrogen (secondary N) is 1. The highest BCUT2D eigenvalue weighted by Gasteiger charge is 2.36. The summed E-state index contributed by atoms with van der Waals surface area (Å²) < 4.78 is 5.55. The molecule has 1 heterocycles. The number of amides is 1. The second-order valence-corrected chi connectivity index (χ2v) is 7.31. The molecule has 120 valence electrons. The Morgan fingerprint density at radius 2 is 2.32 bits per heavy atom. The third-order valence-corrected chi connectivity index (χ3v) is 5.32. The number of benzene rings is 1. The highest BCUT2D eigenvalue weighted by molar-refractivity contribution is 7.99. The van der Waals surface area contributed by atoms with Crippen LogP contribution in [0.1, 0.15) is 36.9 Å². The van der Waals surface area contributed by atoms with Crippen molar-refractivity contribution in [2.45, 2.75) is 38.3 Å². The predicted molar refractivity (Wildman–Crippen MR) is 88.3 cm³/mol. The molecule has 0 spiro atoms. The first kappa shape index (κ1) is 15.7. The summed E-state index contributed by atoms with van der Waals surface area (Å²) in [6.07, 6.45) is 2.24. The monoisotopic (exact) mass is 321 g/mol. The lowest BCUT2D eigenvalue weighted by molar-refractivity contribution is -0.120. The van der Waals surface area contributed by atoms with Crippen LogP contribution < -0.4 is 10.1 Å². The molecule has 4 nitrogen and oxygen atoms in total. The number of ether oxygens (including phenoxy) is 1. The van der Waals surface area contributed by atoms with Gasteiger partial charge in [-0.05, 0) is 47.8 Å². The standard InChI is InChI=1S/C17H23NO3S/c1-2-22-10-16(20)18-17(13-8-14(19)9-13)12-3-4-15-11(7-12)5-6-21-15/h3-4,7,13-14,17,19H,2,5-6,8-10H2,1H3,(H,18,20). The zero-order valence-corrected chi connectivity index (χ0v) is 13.7. The second kappa shape index (κ2) is 6.92. The molecule has 1 aliphatic carbocycles. The van der Waals surface area contributed by atoms with E-state index in [1.807, 2.05) is 12.1 Å². The number of aliphatic hydroxyl groups is 1. The van der Waals surface area contributed by atoms with E-state index in [1.165, 1.54) is 5.56 Å². The van der Waals surface area contributed by atoms with E-state index in [9.17, 15) is 9.90 Å². The molecule has 1 atom stereocenters. The average molecular weight is 321 g/mol. The van der Waals surface area contributed by atoms with Gasteiger partial charge in [0.1, 0.15) is 5.75 Å². The maximum atomic E-state index is 12.1. The Balaban J connectivity index is 1.74. The van der Waals surface area contributed by atoms with Gasteiger partial charge in [0.25, 0.3) is 0 Å². The summed E-state index contributed by atoms with van der Waals surface area (Å²) in [7, 11) is 0. The lowest BCUT2D eigenvalue weighted by atomic mass is 9.75. The molecule has 1 unspecified atom stereocenters. The molecule has 0 aromatic heterocycles. The van der Waals surface area contributed by atoms with E-state index in [0.717, 1.165) is 42.9 Å². The van der Waals surface area contributed by atoms with E-state index in [2.05, 4.69) is 18.3 Å². The van der Waals surface area contributed by atoms with E-state index in [0.29, 0.717) is 11.7 Å². The van der Waals surface area contributed by atoms with Gasteiger partial charge in [-0.2, -0.15) is 11.8 Å². The van der Waals surface area contributed by atoms with E-state index >= 15 is 0 Å². The van der Waals surface area contributed by atoms with Gasteiger partial charge >= 0.3 is 0 Å². The van der Waals surface area contributed by atoms with Crippen LogP contribution >= 0.6 is 11.8 Å². The zero-order valence-electron chi connectivity index (χ0n) is 12.9. The normalized spacial score (nSPS) is 24.1. The number of carbonyl (C=O) groups excluding carboxylic acids is 1. The Labute approximate surface area is 135 Å². The third kappa shape index (κ3) is 3.41. The summed E-state index contributed by atoms with van der Waals surface area (Å²) in [6, 6.07) is 6.21. The predicted octanol–water partition coefficient (Wildman–Crippen LogP) is 2.30. The number of hydrogen-bond acceptors (Lipinski definition) is 4. The first-order chi connectivity index (χ1) is 10.7. The average Bonchev–Trinajstić information content (AvgIpc) is 2.95. The minimum absolute atomic E-state index is 0.000689. The SMILES string of the molecule is CCSCC(=O)NC(c1ccc2c(c1)CCO2)C1CC(O)C1. The van der Waals surface area contributed by atoms with E-state index in [1.54, 1.807) is 11.8 Å². The quantitative estimate of drug-likeness (QED) is 0.844. The van der Waals surface area contributed by atoms with Crippen molar-refractivity contribution in [2.24, 2.45) is 5.92 Å². The Kier molecular flexibility index (Phi) is 4.93. The topological polar surface area (TPSA) is 58.6 Å². The number of fused-ring (bicyclic) bond motifs is 1. The van der Waals surface area contributed by atoms with E-state index < -0.39 is 0 Å². The second-order valence-electron chi connectivity index (χ2n) is 6.03. The van der Waals surface area contributed by atoms with Crippen molar-refractivity contribution in [3.63, 3.8) is 0 Å². The Hall–Kier alpha value is -1.20. The number of rotatable bonds is 6. The van der Waals surface area contributed by atoms with Gasteiger partial charge < -0.3 is 15.2 Å². The molecule has 0 bridgehead atoms. The summed E-state index contributed by atoms with van der Waals surface area (Å²) in [6.45, 7) is 2.79. The van der Waals surface area contributed by atoms with Crippen LogP contribution in [0, 0.1) is 5.92 Å². The highest BCUT2D eigenvalue weighted by Crippen LogP contribution is 2.39. The first-order valence-corrected chi connectivity index (χ1v) is 9.13. The Bertz CT molecular complexity index is 543. The number of carbonyl (C=O) groups is 1. The highest BCUT2D eigenvalue weighted by atomic mass is 32.2. The molecule has 1 fully saturated rings. The fourth-order valence-corrected chi connectivity index (χ4v) is 3.66. The Morgan fingerprint density at radius 3 is 3.05 bits per heavy atom. The van der Waals surface area contributed by atoms with E-state index in [-0.39, 0.29) is 18.1 Å². The van der Waals surface area contributed by atoms with Crippen molar-refractivity contribution in [1.82, 2.24) is 5.32 Å². The van der Waals surface area contributed by atoms with Gasteiger partial charge in [-0.1, -0.05) is 13.0 Å². The molecule has 1 saturated carbocycles. The third-order valence-electron chi connectivity index (χ3n) is 4.45. The molecule has 1 aromatic carbocycles. The summed E-state index contributed by atoms with van der Waals surface area (Å²) in [5, 5.41) is 12.8. The molecule has 1 aliphatic heterocycles. The largest absolute Gasteiger partial charge is 0.493 e. The molecule has 0 saturated heterocycles. The van der Waals surface area contributed by atoms with Gasteiger partial charge in [0.2, 0.25) is 5.91 Å². The number of hydrogen-bond donors (Lipinski definition) is 2. The number of thioether (sulfide) groups is 1. The zero-order chi connectivity index (χ0) is 15.5. The van der Waals surface area contributed by atoms with Crippen molar-refractivity contribution < 1.29 is 14.6 Å². The summed E-state index contributed by atoms with van der Waals surface area (Å²) in [5.41, 5.74) is 2.36. The molecule has 2 aliphatic rings. The summed E-state index contributed by atoms with van der Waals surface area (Å²) in [5.74, 6) is 2.80. The van der Waals surface area contributed by atoms with Gasteiger partial charge in [-0.3, -0.25) is 4.79 Å². The van der Waals surface area contributed by atoms with Crippen LogP contribution in [0.15, 0.2) is 18.2 Å². The smallest absolute Gasteiger partial charge is 0.230 e. The maximum absolute atomic E-state index is 12.1. The van der Waals surface area contributed by atoms with Crippen LogP contribution in [0.4, 0.5) is 0 Å². The molecule has 0 radical (unpaired) electrons. The van der Waals surface area contributed by atoms with Crippen LogP contribution in [0.3, 0.4) is 0 Å². The molecular formula is C17H23NO3S. The van der Waals surface area contributed by atoms with Gasteiger partial charge in [-0.25, -0.2) is 0 Å². The fourth-order valence-electron chi connectivity index (χ4n) is 3.19.